The molecule has 1 amide bonds. The normalized spacial score (nSPS) is 10.8. The second-order valence-electron chi connectivity index (χ2n) is 6.84. The highest BCUT2D eigenvalue weighted by Crippen LogP contribution is 2.29. The van der Waals surface area contributed by atoms with Gasteiger partial charge in [0.15, 0.2) is 10.9 Å². The molecule has 0 radical (unpaired) electrons. The lowest BCUT2D eigenvalue weighted by molar-refractivity contribution is -0.113. The number of rotatable bonds is 8. The molecule has 0 bridgehead atoms. The fourth-order valence-corrected chi connectivity index (χ4v) is 4.33. The average Bonchev–Trinajstić information content (AvgIpc) is 3.45. The minimum absolute atomic E-state index is 0.124. The van der Waals surface area contributed by atoms with Crippen LogP contribution in [-0.2, 0) is 4.79 Å². The summed E-state index contributed by atoms with van der Waals surface area (Å²) < 4.78 is 13.9. The molecule has 0 aliphatic heterocycles. The minimum Gasteiger partial charge on any atom is -0.494 e. The van der Waals surface area contributed by atoms with Crippen LogP contribution in [0.3, 0.4) is 0 Å². The fourth-order valence-electron chi connectivity index (χ4n) is 3.10. The summed E-state index contributed by atoms with van der Waals surface area (Å²) >= 11 is 4.74. The first kappa shape index (κ1) is 22.2. The number of carbonyl (C=O) groups is 1. The first-order valence-electron chi connectivity index (χ1n) is 9.96. The van der Waals surface area contributed by atoms with Gasteiger partial charge in [0, 0.05) is 10.2 Å². The van der Waals surface area contributed by atoms with E-state index in [2.05, 4.69) is 31.4 Å². The number of hydrogen-bond acceptors (Lipinski definition) is 6. The van der Waals surface area contributed by atoms with Crippen molar-refractivity contribution in [1.29, 1.82) is 0 Å². The van der Waals surface area contributed by atoms with Gasteiger partial charge in [-0.2, -0.15) is 0 Å². The summed E-state index contributed by atoms with van der Waals surface area (Å²) in [5, 5.41) is 12.2. The van der Waals surface area contributed by atoms with E-state index in [0.717, 1.165) is 27.2 Å². The van der Waals surface area contributed by atoms with Gasteiger partial charge in [-0.25, -0.2) is 0 Å². The molecule has 0 unspecified atom stereocenters. The number of furan rings is 1. The van der Waals surface area contributed by atoms with Crippen LogP contribution >= 0.6 is 27.7 Å². The van der Waals surface area contributed by atoms with Crippen molar-refractivity contribution in [2.75, 3.05) is 17.7 Å². The third-order valence-corrected chi connectivity index (χ3v) is 6.00. The molecule has 0 fully saturated rings. The Hall–Kier alpha value is -3.04. The maximum atomic E-state index is 12.6. The summed E-state index contributed by atoms with van der Waals surface area (Å²) in [4.78, 5) is 12.6. The molecular weight excluding hydrogens is 492 g/mol. The Labute approximate surface area is 198 Å². The van der Waals surface area contributed by atoms with E-state index in [1.807, 2.05) is 66.9 Å². The lowest BCUT2D eigenvalue weighted by Gasteiger charge is -2.11. The molecule has 2 aromatic carbocycles. The van der Waals surface area contributed by atoms with Crippen molar-refractivity contribution in [2.24, 2.45) is 0 Å². The van der Waals surface area contributed by atoms with Gasteiger partial charge in [-0.1, -0.05) is 27.7 Å². The predicted octanol–water partition coefficient (Wildman–Crippen LogP) is 5.73. The molecule has 4 rings (SSSR count). The fraction of sp³-hybridized carbons (Fsp3) is 0.174. The van der Waals surface area contributed by atoms with Crippen molar-refractivity contribution >= 4 is 39.3 Å². The van der Waals surface area contributed by atoms with Crippen LogP contribution in [0.1, 0.15) is 12.5 Å². The van der Waals surface area contributed by atoms with Gasteiger partial charge < -0.3 is 14.5 Å². The van der Waals surface area contributed by atoms with Crippen LogP contribution in [0.4, 0.5) is 5.69 Å². The van der Waals surface area contributed by atoms with E-state index in [1.54, 1.807) is 12.3 Å². The molecule has 0 atom stereocenters. The molecule has 4 aromatic rings. The molecule has 0 aliphatic rings. The highest BCUT2D eigenvalue weighted by molar-refractivity contribution is 9.10. The van der Waals surface area contributed by atoms with Crippen LogP contribution in [0.25, 0.3) is 17.3 Å². The Balaban J connectivity index is 1.56. The first-order valence-corrected chi connectivity index (χ1v) is 11.7. The van der Waals surface area contributed by atoms with Crippen LogP contribution in [0.5, 0.6) is 5.75 Å². The van der Waals surface area contributed by atoms with Crippen molar-refractivity contribution < 1.29 is 13.9 Å². The molecule has 0 aliphatic carbocycles. The number of aryl methyl sites for hydroxylation is 1. The molecule has 0 spiro atoms. The lowest BCUT2D eigenvalue weighted by atomic mass is 10.2. The summed E-state index contributed by atoms with van der Waals surface area (Å²) in [6.07, 6.45) is 1.59. The molecule has 2 aromatic heterocycles. The van der Waals surface area contributed by atoms with Crippen LogP contribution in [0, 0.1) is 6.92 Å². The largest absolute Gasteiger partial charge is 0.494 e. The van der Waals surface area contributed by atoms with Crippen LogP contribution in [-0.4, -0.2) is 33.0 Å². The Kier molecular flexibility index (Phi) is 6.96. The molecule has 1 N–H and O–H groups in total. The summed E-state index contributed by atoms with van der Waals surface area (Å²) in [7, 11) is 0. The summed E-state index contributed by atoms with van der Waals surface area (Å²) in [6, 6.07) is 17.0. The first-order chi connectivity index (χ1) is 15.5. The zero-order valence-corrected chi connectivity index (χ0v) is 19.9. The van der Waals surface area contributed by atoms with Gasteiger partial charge in [-0.15, -0.1) is 10.2 Å². The number of amides is 1. The third-order valence-electron chi connectivity index (χ3n) is 4.58. The zero-order valence-electron chi connectivity index (χ0n) is 17.5. The maximum absolute atomic E-state index is 12.6. The molecule has 7 nitrogen and oxygen atoms in total. The molecule has 0 saturated heterocycles. The number of nitrogens with one attached hydrogen (secondary N) is 1. The smallest absolute Gasteiger partial charge is 0.234 e. The molecule has 2 heterocycles. The molecule has 0 saturated carbocycles. The summed E-state index contributed by atoms with van der Waals surface area (Å²) in [5.74, 6) is 1.99. The van der Waals surface area contributed by atoms with Crippen molar-refractivity contribution in [2.45, 2.75) is 19.0 Å². The van der Waals surface area contributed by atoms with E-state index >= 15 is 0 Å². The topological polar surface area (TPSA) is 82.2 Å². The number of nitrogens with zero attached hydrogens (tertiary/aromatic N) is 3. The quantitative estimate of drug-likeness (QED) is 0.303. The van der Waals surface area contributed by atoms with Crippen molar-refractivity contribution in [3.8, 4) is 23.0 Å². The average molecular weight is 513 g/mol. The third kappa shape index (κ3) is 5.05. The van der Waals surface area contributed by atoms with E-state index in [1.165, 1.54) is 11.8 Å². The Bertz CT molecular complexity index is 1210. The molecule has 32 heavy (non-hydrogen) atoms. The van der Waals surface area contributed by atoms with Crippen molar-refractivity contribution in [1.82, 2.24) is 14.8 Å². The van der Waals surface area contributed by atoms with Gasteiger partial charge in [-0.3, -0.25) is 9.36 Å². The SMILES string of the molecule is CCOc1ccc(-n2c(SCC(=O)Nc3ccc(Br)cc3C)nnc2-c2ccco2)cc1. The number of ether oxygens (including phenoxy) is 1. The Morgan fingerprint density at radius 2 is 2.00 bits per heavy atom. The molecule has 9 heteroatoms. The number of halogens is 1. The van der Waals surface area contributed by atoms with Crippen LogP contribution in [0.2, 0.25) is 0 Å². The number of carbonyl (C=O) groups excluding carboxylic acids is 1. The summed E-state index contributed by atoms with van der Waals surface area (Å²) in [5.41, 5.74) is 2.61. The number of benzene rings is 2. The number of thioether (sulfide) groups is 1. The second kappa shape index (κ2) is 10.1. The van der Waals surface area contributed by atoms with E-state index in [0.29, 0.717) is 23.3 Å². The molecule has 164 valence electrons. The minimum atomic E-state index is -0.124. The maximum Gasteiger partial charge on any atom is 0.234 e. The monoisotopic (exact) mass is 512 g/mol. The number of aromatic nitrogens is 3. The zero-order chi connectivity index (χ0) is 22.5. The van der Waals surface area contributed by atoms with Gasteiger partial charge in [0.2, 0.25) is 11.7 Å². The highest BCUT2D eigenvalue weighted by Gasteiger charge is 2.19. The van der Waals surface area contributed by atoms with E-state index in [-0.39, 0.29) is 11.7 Å². The predicted molar refractivity (Wildman–Crippen MR) is 128 cm³/mol. The second-order valence-corrected chi connectivity index (χ2v) is 8.70. The van der Waals surface area contributed by atoms with Gasteiger partial charge in [0.25, 0.3) is 0 Å². The van der Waals surface area contributed by atoms with E-state index in [9.17, 15) is 4.79 Å². The van der Waals surface area contributed by atoms with E-state index < -0.39 is 0 Å². The number of hydrogen-bond donors (Lipinski definition) is 1. The lowest BCUT2D eigenvalue weighted by Crippen LogP contribution is -2.15. The van der Waals surface area contributed by atoms with Gasteiger partial charge in [0.05, 0.1) is 24.3 Å². The van der Waals surface area contributed by atoms with Gasteiger partial charge in [0.1, 0.15) is 5.75 Å². The highest BCUT2D eigenvalue weighted by atomic mass is 79.9. The Morgan fingerprint density at radius 1 is 1.19 bits per heavy atom. The van der Waals surface area contributed by atoms with Crippen molar-refractivity contribution in [3.63, 3.8) is 0 Å². The van der Waals surface area contributed by atoms with Crippen LogP contribution in [0.15, 0.2) is 74.9 Å². The van der Waals surface area contributed by atoms with Crippen molar-refractivity contribution in [3.05, 3.63) is 70.9 Å². The van der Waals surface area contributed by atoms with Gasteiger partial charge >= 0.3 is 0 Å². The Morgan fingerprint density at radius 3 is 2.69 bits per heavy atom. The number of anilines is 1. The van der Waals surface area contributed by atoms with Crippen LogP contribution < -0.4 is 10.1 Å². The standard InChI is InChI=1S/C23H21BrN4O3S/c1-3-30-18-9-7-17(8-10-18)28-22(20-5-4-12-31-20)26-27-23(28)32-14-21(29)25-19-11-6-16(24)13-15(19)2/h4-13H,3,14H2,1-2H3,(H,25,29). The van der Waals surface area contributed by atoms with E-state index in [4.69, 9.17) is 9.15 Å². The summed E-state index contributed by atoms with van der Waals surface area (Å²) in [6.45, 7) is 4.49. The van der Waals surface area contributed by atoms with Gasteiger partial charge in [-0.05, 0) is 74.0 Å². The molecular formula is C23H21BrN4O3S.